The highest BCUT2D eigenvalue weighted by molar-refractivity contribution is 14.1. The van der Waals surface area contributed by atoms with Crippen molar-refractivity contribution in [3.8, 4) is 0 Å². The molecule has 2 rings (SSSR count). The molecule has 1 aliphatic carbocycles. The largest absolute Gasteiger partial charge is 0.294 e. The summed E-state index contributed by atoms with van der Waals surface area (Å²) in [5.41, 5.74) is 1.14. The van der Waals surface area contributed by atoms with Gasteiger partial charge in [-0.15, -0.1) is 0 Å². The van der Waals surface area contributed by atoms with Crippen LogP contribution in [0.4, 0.5) is 0 Å². The predicted octanol–water partition coefficient (Wildman–Crippen LogP) is 3.65. The second-order valence-corrected chi connectivity index (χ2v) is 5.99. The molecule has 0 atom stereocenters. The van der Waals surface area contributed by atoms with Gasteiger partial charge in [0.05, 0.1) is 5.57 Å². The molecule has 0 aromatic heterocycles. The smallest absolute Gasteiger partial charge is 0.171 e. The number of ketones is 2. The molecule has 0 fully saturated rings. The maximum Gasteiger partial charge on any atom is 0.171 e. The minimum absolute atomic E-state index is 0.109. The summed E-state index contributed by atoms with van der Waals surface area (Å²) >= 11 is 8.20. The average molecular weight is 375 g/mol. The van der Waals surface area contributed by atoms with Crippen LogP contribution in [0.2, 0.25) is 0 Å². The van der Waals surface area contributed by atoms with Gasteiger partial charge in [-0.2, -0.15) is 0 Å². The molecule has 0 radical (unpaired) electrons. The molecule has 1 aromatic carbocycles. The zero-order chi connectivity index (χ0) is 13.1. The van der Waals surface area contributed by atoms with E-state index in [1.54, 1.807) is 0 Å². The molecule has 0 spiro atoms. The summed E-state index contributed by atoms with van der Waals surface area (Å²) in [7, 11) is 0. The normalized spacial score (nSPS) is 16.0. The van der Waals surface area contributed by atoms with Crippen LogP contribution in [0.15, 0.2) is 34.9 Å². The van der Waals surface area contributed by atoms with Gasteiger partial charge < -0.3 is 0 Å². The average Bonchev–Trinajstić information content (AvgIpc) is 2.28. The summed E-state index contributed by atoms with van der Waals surface area (Å²) in [5.74, 6) is -0.270. The standard InChI is InChI=1S/C14H12ClIO2/c15-11-5-2-6-12(17)14(11)13(18)8-9-3-1-4-10(16)7-9/h1,3-4,7H,2,5-6,8H2. The topological polar surface area (TPSA) is 34.1 Å². The highest BCUT2D eigenvalue weighted by Crippen LogP contribution is 2.26. The minimum atomic E-state index is -0.160. The highest BCUT2D eigenvalue weighted by Gasteiger charge is 2.25. The first-order chi connectivity index (χ1) is 8.58. The molecule has 1 aromatic rings. The van der Waals surface area contributed by atoms with Crippen LogP contribution in [0.1, 0.15) is 24.8 Å². The summed E-state index contributed by atoms with van der Waals surface area (Å²) in [6, 6.07) is 7.71. The minimum Gasteiger partial charge on any atom is -0.294 e. The molecule has 0 aliphatic heterocycles. The van der Waals surface area contributed by atoms with Gasteiger partial charge in [0.15, 0.2) is 11.6 Å². The Morgan fingerprint density at radius 1 is 1.33 bits per heavy atom. The molecule has 0 bridgehead atoms. The first-order valence-corrected chi connectivity index (χ1v) is 7.23. The zero-order valence-corrected chi connectivity index (χ0v) is 12.6. The third kappa shape index (κ3) is 3.20. The van der Waals surface area contributed by atoms with Crippen LogP contribution >= 0.6 is 34.2 Å². The summed E-state index contributed by atoms with van der Waals surface area (Å²) < 4.78 is 1.08. The molecule has 0 N–H and O–H groups in total. The maximum atomic E-state index is 12.1. The fourth-order valence-electron chi connectivity index (χ4n) is 2.03. The van der Waals surface area contributed by atoms with E-state index in [4.69, 9.17) is 11.6 Å². The van der Waals surface area contributed by atoms with E-state index in [0.29, 0.717) is 17.9 Å². The van der Waals surface area contributed by atoms with Crippen molar-refractivity contribution in [1.82, 2.24) is 0 Å². The second-order valence-electron chi connectivity index (χ2n) is 4.29. The van der Waals surface area contributed by atoms with Crippen LogP contribution in [0.3, 0.4) is 0 Å². The van der Waals surface area contributed by atoms with E-state index in [1.165, 1.54) is 0 Å². The number of benzene rings is 1. The molecule has 0 amide bonds. The SMILES string of the molecule is O=C1CCCC(Cl)=C1C(=O)Cc1cccc(I)c1. The Balaban J connectivity index is 2.20. The van der Waals surface area contributed by atoms with E-state index in [-0.39, 0.29) is 23.6 Å². The third-order valence-corrected chi connectivity index (χ3v) is 3.93. The van der Waals surface area contributed by atoms with Gasteiger partial charge in [0.1, 0.15) is 0 Å². The Kier molecular flexibility index (Phi) is 4.56. The van der Waals surface area contributed by atoms with Crippen LogP contribution in [-0.2, 0) is 16.0 Å². The summed E-state index contributed by atoms with van der Waals surface area (Å²) in [6.07, 6.45) is 2.07. The van der Waals surface area contributed by atoms with Crippen LogP contribution in [0.5, 0.6) is 0 Å². The van der Waals surface area contributed by atoms with Crippen LogP contribution in [0, 0.1) is 3.57 Å². The van der Waals surface area contributed by atoms with Crippen molar-refractivity contribution in [2.75, 3.05) is 0 Å². The molecule has 0 saturated heterocycles. The summed E-state index contributed by atoms with van der Waals surface area (Å²) in [5, 5.41) is 0.432. The van der Waals surface area contributed by atoms with Crippen molar-refractivity contribution in [2.24, 2.45) is 0 Å². The van der Waals surface area contributed by atoms with Crippen molar-refractivity contribution in [3.05, 3.63) is 44.0 Å². The highest BCUT2D eigenvalue weighted by atomic mass is 127. The Morgan fingerprint density at radius 2 is 2.11 bits per heavy atom. The van der Waals surface area contributed by atoms with Gasteiger partial charge in [-0.1, -0.05) is 23.7 Å². The second kappa shape index (κ2) is 5.97. The van der Waals surface area contributed by atoms with E-state index in [9.17, 15) is 9.59 Å². The summed E-state index contributed by atoms with van der Waals surface area (Å²) in [6.45, 7) is 0. The number of halogens is 2. The lowest BCUT2D eigenvalue weighted by atomic mass is 9.92. The fraction of sp³-hybridized carbons (Fsp3) is 0.286. The lowest BCUT2D eigenvalue weighted by molar-refractivity contribution is -0.121. The van der Waals surface area contributed by atoms with Crippen molar-refractivity contribution in [3.63, 3.8) is 0 Å². The van der Waals surface area contributed by atoms with Crippen molar-refractivity contribution >= 4 is 45.8 Å². The zero-order valence-electron chi connectivity index (χ0n) is 9.71. The molecular formula is C14H12ClIO2. The fourth-order valence-corrected chi connectivity index (χ4v) is 2.98. The van der Waals surface area contributed by atoms with Gasteiger partial charge in [0, 0.05) is 21.4 Å². The molecule has 1 aliphatic rings. The molecule has 0 unspecified atom stereocenters. The molecule has 4 heteroatoms. The monoisotopic (exact) mass is 374 g/mol. The number of carbonyl (C=O) groups excluding carboxylic acids is 2. The summed E-state index contributed by atoms with van der Waals surface area (Å²) in [4.78, 5) is 23.9. The van der Waals surface area contributed by atoms with Gasteiger partial charge in [0.25, 0.3) is 0 Å². The Morgan fingerprint density at radius 3 is 2.78 bits per heavy atom. The number of carbonyl (C=O) groups is 2. The van der Waals surface area contributed by atoms with Crippen molar-refractivity contribution in [2.45, 2.75) is 25.7 Å². The number of hydrogen-bond donors (Lipinski definition) is 0. The maximum absolute atomic E-state index is 12.1. The van der Waals surface area contributed by atoms with Gasteiger partial charge in [-0.05, 0) is 53.1 Å². The molecular weight excluding hydrogens is 363 g/mol. The first kappa shape index (κ1) is 13.7. The Hall–Kier alpha value is -0.680. The van der Waals surface area contributed by atoms with E-state index < -0.39 is 0 Å². The molecule has 18 heavy (non-hydrogen) atoms. The van der Waals surface area contributed by atoms with Gasteiger partial charge in [0.2, 0.25) is 0 Å². The van der Waals surface area contributed by atoms with E-state index in [0.717, 1.165) is 15.6 Å². The van der Waals surface area contributed by atoms with Gasteiger partial charge >= 0.3 is 0 Å². The van der Waals surface area contributed by atoms with E-state index in [2.05, 4.69) is 22.6 Å². The van der Waals surface area contributed by atoms with Crippen LogP contribution in [-0.4, -0.2) is 11.6 Å². The number of allylic oxidation sites excluding steroid dienone is 2. The van der Waals surface area contributed by atoms with E-state index in [1.807, 2.05) is 24.3 Å². The van der Waals surface area contributed by atoms with Crippen LogP contribution < -0.4 is 0 Å². The van der Waals surface area contributed by atoms with E-state index >= 15 is 0 Å². The number of rotatable bonds is 3. The predicted molar refractivity (Wildman–Crippen MR) is 79.6 cm³/mol. The lowest BCUT2D eigenvalue weighted by Gasteiger charge is -2.14. The third-order valence-electron chi connectivity index (χ3n) is 2.88. The number of Topliss-reactive ketones (excluding diaryl/α,β-unsaturated/α-hetero) is 2. The van der Waals surface area contributed by atoms with Crippen molar-refractivity contribution in [1.29, 1.82) is 0 Å². The van der Waals surface area contributed by atoms with Crippen molar-refractivity contribution < 1.29 is 9.59 Å². The van der Waals surface area contributed by atoms with Gasteiger partial charge in [-0.3, -0.25) is 9.59 Å². The quantitative estimate of drug-likeness (QED) is 0.598. The van der Waals surface area contributed by atoms with Gasteiger partial charge in [-0.25, -0.2) is 0 Å². The lowest BCUT2D eigenvalue weighted by Crippen LogP contribution is -2.19. The number of hydrogen-bond acceptors (Lipinski definition) is 2. The van der Waals surface area contributed by atoms with Crippen LogP contribution in [0.25, 0.3) is 0 Å². The Bertz CT molecular complexity index is 534. The molecule has 0 saturated carbocycles. The first-order valence-electron chi connectivity index (χ1n) is 5.77. The molecule has 0 heterocycles. The molecule has 2 nitrogen and oxygen atoms in total. The molecule has 94 valence electrons. The Labute approximate surface area is 125 Å².